The summed E-state index contributed by atoms with van der Waals surface area (Å²) in [6.07, 6.45) is 2.03. The summed E-state index contributed by atoms with van der Waals surface area (Å²) < 4.78 is 3.71. The number of aliphatic carboxylic acids is 2. The number of nitrogens with zero attached hydrogens (tertiary/aromatic N) is 5. The number of imidazole rings is 1. The summed E-state index contributed by atoms with van der Waals surface area (Å²) in [5.74, 6) is -1.02. The molecule has 3 aromatic carbocycles. The predicted octanol–water partition coefficient (Wildman–Crippen LogP) is 5.03. The third kappa shape index (κ3) is 4.80. The van der Waals surface area contributed by atoms with E-state index in [0.29, 0.717) is 39.8 Å². The number of halogens is 1. The summed E-state index contributed by atoms with van der Waals surface area (Å²) in [5, 5.41) is 20.4. The molecule has 0 spiro atoms. The van der Waals surface area contributed by atoms with Gasteiger partial charge >= 0.3 is 11.9 Å². The normalized spacial score (nSPS) is 22.1. The molecule has 234 valence electrons. The molecule has 46 heavy (non-hydrogen) atoms. The monoisotopic (exact) mass is 637 g/mol. The van der Waals surface area contributed by atoms with E-state index in [4.69, 9.17) is 21.6 Å². The highest BCUT2D eigenvalue weighted by molar-refractivity contribution is 6.31. The van der Waals surface area contributed by atoms with Crippen LogP contribution in [-0.4, -0.2) is 63.8 Å². The molecule has 0 radical (unpaired) electrons. The first-order chi connectivity index (χ1) is 22.0. The van der Waals surface area contributed by atoms with Gasteiger partial charge in [0.05, 0.1) is 34.7 Å². The van der Waals surface area contributed by atoms with Crippen molar-refractivity contribution >= 4 is 34.4 Å². The van der Waals surface area contributed by atoms with Crippen molar-refractivity contribution < 1.29 is 19.8 Å². The zero-order valence-corrected chi connectivity index (χ0v) is 26.2. The largest absolute Gasteiger partial charge is 0.480 e. The Kier molecular flexibility index (Phi) is 7.10. The molecule has 2 fully saturated rings. The molecule has 0 amide bonds. The Morgan fingerprint density at radius 1 is 0.957 bits per heavy atom. The van der Waals surface area contributed by atoms with Gasteiger partial charge in [-0.1, -0.05) is 85.6 Å². The Morgan fingerprint density at radius 3 is 2.26 bits per heavy atom. The molecule has 0 bridgehead atoms. The van der Waals surface area contributed by atoms with E-state index in [2.05, 4.69) is 0 Å². The van der Waals surface area contributed by atoms with Gasteiger partial charge in [0.2, 0.25) is 0 Å². The third-order valence-corrected chi connectivity index (χ3v) is 9.43. The van der Waals surface area contributed by atoms with Gasteiger partial charge in [0.1, 0.15) is 23.7 Å². The molecular formula is C35H32ClN5O5. The van der Waals surface area contributed by atoms with Crippen molar-refractivity contribution in [2.24, 2.45) is 5.92 Å². The quantitative estimate of drug-likeness (QED) is 0.204. The van der Waals surface area contributed by atoms with Crippen LogP contribution in [0.15, 0.2) is 83.8 Å². The second-order valence-electron chi connectivity index (χ2n) is 12.6. The van der Waals surface area contributed by atoms with Crippen molar-refractivity contribution in [3.8, 4) is 11.4 Å². The first-order valence-electron chi connectivity index (χ1n) is 15.1. The smallest absolute Gasteiger partial charge is 0.323 e. The highest BCUT2D eigenvalue weighted by Gasteiger charge is 2.90. The number of carboxylic acids is 2. The van der Waals surface area contributed by atoms with E-state index in [1.54, 1.807) is 22.8 Å². The van der Waals surface area contributed by atoms with Crippen LogP contribution < -0.4 is 5.56 Å². The van der Waals surface area contributed by atoms with Crippen LogP contribution in [0.2, 0.25) is 5.02 Å². The molecule has 2 aromatic heterocycles. The first-order valence-corrected chi connectivity index (χ1v) is 15.5. The van der Waals surface area contributed by atoms with E-state index in [9.17, 15) is 24.6 Å². The molecule has 2 aliphatic heterocycles. The van der Waals surface area contributed by atoms with Crippen LogP contribution >= 0.6 is 11.6 Å². The van der Waals surface area contributed by atoms with Gasteiger partial charge in [0, 0.05) is 23.2 Å². The molecule has 11 heteroatoms. The highest BCUT2D eigenvalue weighted by atomic mass is 35.5. The topological polar surface area (TPSA) is 130 Å². The SMILES string of the molecule is Cc1ccc(-c2nc(CC34[C@H](C(=O)O)N3[C@H]4C(=O)O)cn2[C@@H](c2nc3cc(Cl)ccc3c(=O)n2Cc2ccccc2)C(C)C)cc1. The van der Waals surface area contributed by atoms with Crippen molar-refractivity contribution in [2.75, 3.05) is 0 Å². The van der Waals surface area contributed by atoms with E-state index in [-0.39, 0.29) is 17.9 Å². The summed E-state index contributed by atoms with van der Waals surface area (Å²) in [7, 11) is 0. The minimum atomic E-state index is -1.04. The number of aryl methyl sites for hydroxylation is 1. The number of hydrogen-bond acceptors (Lipinski definition) is 6. The van der Waals surface area contributed by atoms with Gasteiger partial charge in [-0.25, -0.2) is 9.97 Å². The molecule has 2 N–H and O–H groups in total. The van der Waals surface area contributed by atoms with Gasteiger partial charge in [0.15, 0.2) is 0 Å². The van der Waals surface area contributed by atoms with Crippen LogP contribution in [-0.2, 0) is 22.6 Å². The Bertz CT molecular complexity index is 2050. The molecule has 0 saturated carbocycles. The van der Waals surface area contributed by atoms with Gasteiger partial charge < -0.3 is 14.8 Å². The van der Waals surface area contributed by atoms with E-state index >= 15 is 0 Å². The number of carbonyl (C=O) groups is 2. The number of rotatable bonds is 10. The second-order valence-corrected chi connectivity index (χ2v) is 13.0. The Labute approximate surface area is 269 Å². The maximum absolute atomic E-state index is 14.2. The number of carboxylic acid groups (broad SMARTS) is 2. The lowest BCUT2D eigenvalue weighted by Gasteiger charge is -2.27. The van der Waals surface area contributed by atoms with Gasteiger partial charge in [-0.2, -0.15) is 0 Å². The van der Waals surface area contributed by atoms with Crippen molar-refractivity contribution in [3.05, 3.63) is 117 Å². The van der Waals surface area contributed by atoms with Crippen LogP contribution in [0.25, 0.3) is 22.3 Å². The fraction of sp³-hybridized carbons (Fsp3) is 0.286. The maximum Gasteiger partial charge on any atom is 0.323 e. The Balaban J connectivity index is 1.42. The zero-order chi connectivity index (χ0) is 32.5. The highest BCUT2D eigenvalue weighted by Crippen LogP contribution is 2.65. The van der Waals surface area contributed by atoms with Crippen LogP contribution in [0.1, 0.15) is 42.5 Å². The molecule has 5 aromatic rings. The van der Waals surface area contributed by atoms with Crippen LogP contribution in [0.4, 0.5) is 0 Å². The standard InChI is InChI=1S/C35H32ClN5O5/c1-19(2)27(31-38-26-15-23(36)13-14-25(26)32(42)40(31)17-21-7-5-4-6-8-21)39-18-24(37-30(39)22-11-9-20(3)10-12-22)16-35-28(33(43)44)41(35)29(35)34(45)46/h4-15,18-19,27-29H,16-17H2,1-3H3,(H,43,44)(H,45,46)/t27-,28+,29+,35?,41?/m1/s1. The van der Waals surface area contributed by atoms with Crippen LogP contribution in [0.5, 0.6) is 0 Å². The van der Waals surface area contributed by atoms with E-state index in [1.807, 2.05) is 86.1 Å². The number of aromatic nitrogens is 4. The Hall–Kier alpha value is -4.80. The van der Waals surface area contributed by atoms with Gasteiger partial charge in [-0.15, -0.1) is 0 Å². The lowest BCUT2D eigenvalue weighted by molar-refractivity contribution is -0.142. The summed E-state index contributed by atoms with van der Waals surface area (Å²) in [6.45, 7) is 6.39. The molecule has 0 unspecified atom stereocenters. The van der Waals surface area contributed by atoms with E-state index in [0.717, 1.165) is 16.7 Å². The summed E-state index contributed by atoms with van der Waals surface area (Å²) in [4.78, 5) is 49.6. The summed E-state index contributed by atoms with van der Waals surface area (Å²) >= 11 is 6.36. The Morgan fingerprint density at radius 2 is 1.63 bits per heavy atom. The lowest BCUT2D eigenvalue weighted by atomic mass is 9.95. The molecule has 10 nitrogen and oxygen atoms in total. The van der Waals surface area contributed by atoms with E-state index in [1.165, 1.54) is 4.90 Å². The fourth-order valence-corrected chi connectivity index (χ4v) is 7.12. The summed E-state index contributed by atoms with van der Waals surface area (Å²) in [6, 6.07) is 20.5. The van der Waals surface area contributed by atoms with Crippen molar-refractivity contribution in [1.29, 1.82) is 0 Å². The minimum Gasteiger partial charge on any atom is -0.480 e. The van der Waals surface area contributed by atoms with Gasteiger partial charge in [0.25, 0.3) is 5.56 Å². The average molecular weight is 638 g/mol. The third-order valence-electron chi connectivity index (χ3n) is 9.20. The van der Waals surface area contributed by atoms with Gasteiger partial charge in [-0.05, 0) is 36.6 Å². The molecular weight excluding hydrogens is 606 g/mol. The van der Waals surface area contributed by atoms with Crippen LogP contribution in [0, 0.1) is 12.8 Å². The lowest BCUT2D eigenvalue weighted by Crippen LogP contribution is -2.37. The zero-order valence-electron chi connectivity index (χ0n) is 25.5. The predicted molar refractivity (Wildman–Crippen MR) is 173 cm³/mol. The molecule has 4 heterocycles. The van der Waals surface area contributed by atoms with E-state index < -0.39 is 35.6 Å². The molecule has 2 aliphatic rings. The van der Waals surface area contributed by atoms with Crippen molar-refractivity contribution in [3.63, 3.8) is 0 Å². The fourth-order valence-electron chi connectivity index (χ4n) is 6.95. The van der Waals surface area contributed by atoms with Crippen LogP contribution in [0.3, 0.4) is 0 Å². The average Bonchev–Trinajstić information content (AvgIpc) is 3.79. The van der Waals surface area contributed by atoms with Crippen molar-refractivity contribution in [2.45, 2.75) is 57.4 Å². The maximum atomic E-state index is 14.2. The summed E-state index contributed by atoms with van der Waals surface area (Å²) in [5.41, 5.74) is 2.71. The number of benzene rings is 3. The number of hydrogen-bond donors (Lipinski definition) is 2. The van der Waals surface area contributed by atoms with Crippen molar-refractivity contribution in [1.82, 2.24) is 24.0 Å². The minimum absolute atomic E-state index is 0.0770. The molecule has 7 rings (SSSR count). The van der Waals surface area contributed by atoms with Gasteiger partial charge in [-0.3, -0.25) is 23.9 Å². The number of fused-ring (bicyclic) bond motifs is 2. The molecule has 0 aliphatic carbocycles. The second kappa shape index (κ2) is 10.9. The molecule has 2 saturated heterocycles. The molecule has 3 atom stereocenters. The first kappa shape index (κ1) is 29.9.